The van der Waals surface area contributed by atoms with Crippen molar-refractivity contribution >= 4 is 5.91 Å². The van der Waals surface area contributed by atoms with E-state index >= 15 is 0 Å². The number of ether oxygens (including phenoxy) is 1. The van der Waals surface area contributed by atoms with Crippen LogP contribution >= 0.6 is 0 Å². The van der Waals surface area contributed by atoms with Crippen molar-refractivity contribution in [2.24, 2.45) is 5.41 Å². The van der Waals surface area contributed by atoms with Crippen molar-refractivity contribution in [3.63, 3.8) is 0 Å². The van der Waals surface area contributed by atoms with Crippen molar-refractivity contribution in [2.45, 2.75) is 31.3 Å². The average molecular weight is 424 g/mol. The predicted octanol–water partition coefficient (Wildman–Crippen LogP) is 1.57. The van der Waals surface area contributed by atoms with Crippen molar-refractivity contribution in [1.82, 2.24) is 26.8 Å². The van der Waals surface area contributed by atoms with Crippen LogP contribution in [0, 0.1) is 5.41 Å². The van der Waals surface area contributed by atoms with Crippen molar-refractivity contribution in [3.8, 4) is 16.9 Å². The monoisotopic (exact) mass is 423 g/mol. The second-order valence-corrected chi connectivity index (χ2v) is 8.71. The first-order chi connectivity index (χ1) is 15.1. The number of benzene rings is 2. The van der Waals surface area contributed by atoms with Crippen LogP contribution < -0.4 is 26.7 Å². The van der Waals surface area contributed by atoms with Gasteiger partial charge >= 0.3 is 0 Å². The number of aliphatic hydroxyl groups excluding tert-OH is 1. The highest BCUT2D eigenvalue weighted by Crippen LogP contribution is 2.64. The van der Waals surface area contributed by atoms with Gasteiger partial charge in [0.1, 0.15) is 11.9 Å². The molecular formula is C23H29N5O3. The molecule has 5 rings (SSSR count). The number of amides is 1. The highest BCUT2D eigenvalue weighted by Gasteiger charge is 2.58. The van der Waals surface area contributed by atoms with E-state index in [1.807, 2.05) is 17.0 Å². The van der Waals surface area contributed by atoms with E-state index in [-0.39, 0.29) is 30.5 Å². The van der Waals surface area contributed by atoms with E-state index < -0.39 is 0 Å². The molecule has 0 aromatic heterocycles. The lowest BCUT2D eigenvalue weighted by Gasteiger charge is -2.16. The zero-order chi connectivity index (χ0) is 21.4. The molecule has 0 radical (unpaired) electrons. The van der Waals surface area contributed by atoms with E-state index in [0.717, 1.165) is 48.4 Å². The number of methoxy groups -OCH3 is 1. The molecule has 2 saturated heterocycles. The second kappa shape index (κ2) is 8.22. The topological polar surface area (TPSA) is 97.9 Å². The summed E-state index contributed by atoms with van der Waals surface area (Å²) in [4.78, 5) is 14.1. The fraction of sp³-hybridized carbons (Fsp3) is 0.435. The Labute approximate surface area is 181 Å². The minimum Gasteiger partial charge on any atom is -0.496 e. The van der Waals surface area contributed by atoms with Crippen molar-refractivity contribution in [2.75, 3.05) is 26.8 Å². The second-order valence-electron chi connectivity index (χ2n) is 8.71. The molecule has 0 unspecified atom stereocenters. The van der Waals surface area contributed by atoms with Gasteiger partial charge in [-0.25, -0.2) is 10.9 Å². The Bertz CT molecular complexity index is 960. The zero-order valence-electron chi connectivity index (χ0n) is 17.6. The number of aliphatic hydroxyl groups is 1. The number of hydrogen-bond donors (Lipinski definition) is 5. The molecule has 1 amide bonds. The van der Waals surface area contributed by atoms with E-state index in [1.165, 1.54) is 5.56 Å². The molecule has 2 heterocycles. The maximum atomic E-state index is 12.1. The molecule has 2 aromatic rings. The number of nitrogens with zero attached hydrogens (tertiary/aromatic N) is 1. The first kappa shape index (κ1) is 20.4. The van der Waals surface area contributed by atoms with Gasteiger partial charge in [-0.1, -0.05) is 30.3 Å². The number of hydrogen-bond acceptors (Lipinski definition) is 7. The van der Waals surface area contributed by atoms with Crippen LogP contribution in [-0.2, 0) is 4.79 Å². The molecule has 1 spiro atoms. The van der Waals surface area contributed by atoms with Crippen LogP contribution in [0.2, 0.25) is 0 Å². The maximum absolute atomic E-state index is 12.1. The summed E-state index contributed by atoms with van der Waals surface area (Å²) in [5.74, 6) is 1.42. The van der Waals surface area contributed by atoms with Gasteiger partial charge in [0.2, 0.25) is 5.91 Å². The standard InChI is InChI=1S/C23H29N5O3/c1-31-20-7-6-17(22-24-26-27-25-22)12-18(20)15-2-4-16(5-3-15)19-13-23(19)9-10-28(14-23)21(30)8-11-29/h2-7,12,19,22,24-27,29H,8-11,13-14H2,1H3/t19-,23+/m1/s1. The summed E-state index contributed by atoms with van der Waals surface area (Å²) in [7, 11) is 1.69. The predicted molar refractivity (Wildman–Crippen MR) is 116 cm³/mol. The Kier molecular flexibility index (Phi) is 5.41. The lowest BCUT2D eigenvalue weighted by molar-refractivity contribution is -0.131. The lowest BCUT2D eigenvalue weighted by atomic mass is 9.95. The number of rotatable bonds is 6. The number of hydrazine groups is 3. The third kappa shape index (κ3) is 3.81. The lowest BCUT2D eigenvalue weighted by Crippen LogP contribution is -2.33. The van der Waals surface area contributed by atoms with E-state index in [2.05, 4.69) is 52.3 Å². The minimum absolute atomic E-state index is 0.0332. The minimum atomic E-state index is -0.0716. The Morgan fingerprint density at radius 3 is 2.61 bits per heavy atom. The largest absolute Gasteiger partial charge is 0.496 e. The SMILES string of the molecule is COc1ccc(C2NNNN2)cc1-c1ccc([C@H]2C[C@]23CCN(C(=O)CCO)C3)cc1. The smallest absolute Gasteiger partial charge is 0.224 e. The quantitative estimate of drug-likeness (QED) is 0.481. The summed E-state index contributed by atoms with van der Waals surface area (Å²) in [5.41, 5.74) is 16.7. The van der Waals surface area contributed by atoms with Gasteiger partial charge in [0.25, 0.3) is 0 Å². The average Bonchev–Trinajstić information content (AvgIpc) is 3.14. The van der Waals surface area contributed by atoms with Crippen LogP contribution in [0.3, 0.4) is 0 Å². The summed E-state index contributed by atoms with van der Waals surface area (Å²) in [6.07, 6.45) is 2.38. The highest BCUT2D eigenvalue weighted by atomic mass is 16.5. The summed E-state index contributed by atoms with van der Waals surface area (Å²) in [6.45, 7) is 1.56. The normalized spacial score (nSPS) is 25.4. The molecule has 164 valence electrons. The maximum Gasteiger partial charge on any atom is 0.224 e. The van der Waals surface area contributed by atoms with Gasteiger partial charge in [0.05, 0.1) is 13.7 Å². The van der Waals surface area contributed by atoms with Gasteiger partial charge in [-0.3, -0.25) is 4.79 Å². The molecule has 8 heteroatoms. The van der Waals surface area contributed by atoms with Gasteiger partial charge in [0, 0.05) is 25.1 Å². The van der Waals surface area contributed by atoms with Crippen molar-refractivity contribution < 1.29 is 14.6 Å². The van der Waals surface area contributed by atoms with E-state index in [4.69, 9.17) is 9.84 Å². The van der Waals surface area contributed by atoms with Gasteiger partial charge in [0.15, 0.2) is 0 Å². The molecule has 8 nitrogen and oxygen atoms in total. The molecule has 1 saturated carbocycles. The van der Waals surface area contributed by atoms with Crippen LogP contribution in [-0.4, -0.2) is 42.7 Å². The summed E-state index contributed by atoms with van der Waals surface area (Å²) in [5, 5.41) is 9.04. The Balaban J connectivity index is 1.32. The molecule has 3 fully saturated rings. The Hall–Kier alpha value is -2.49. The first-order valence-corrected chi connectivity index (χ1v) is 10.8. The van der Waals surface area contributed by atoms with Crippen LogP contribution in [0.5, 0.6) is 5.75 Å². The number of carbonyl (C=O) groups excluding carboxylic acids is 1. The highest BCUT2D eigenvalue weighted by molar-refractivity contribution is 5.77. The van der Waals surface area contributed by atoms with E-state index in [0.29, 0.717) is 5.92 Å². The fourth-order valence-corrected chi connectivity index (χ4v) is 5.08. The zero-order valence-corrected chi connectivity index (χ0v) is 17.6. The molecular weight excluding hydrogens is 394 g/mol. The van der Waals surface area contributed by atoms with E-state index in [1.54, 1.807) is 7.11 Å². The van der Waals surface area contributed by atoms with Crippen LogP contribution in [0.15, 0.2) is 42.5 Å². The number of nitrogens with one attached hydrogen (secondary N) is 4. The molecule has 31 heavy (non-hydrogen) atoms. The van der Waals surface area contributed by atoms with Crippen LogP contribution in [0.25, 0.3) is 11.1 Å². The van der Waals surface area contributed by atoms with Gasteiger partial charge < -0.3 is 14.7 Å². The summed E-state index contributed by atoms with van der Waals surface area (Å²) < 4.78 is 5.61. The van der Waals surface area contributed by atoms with Gasteiger partial charge in [-0.15, -0.1) is 0 Å². The molecule has 2 aliphatic heterocycles. The third-order valence-electron chi connectivity index (χ3n) is 6.93. The third-order valence-corrected chi connectivity index (χ3v) is 6.93. The summed E-state index contributed by atoms with van der Waals surface area (Å²) >= 11 is 0. The van der Waals surface area contributed by atoms with E-state index in [9.17, 15) is 4.79 Å². The van der Waals surface area contributed by atoms with Gasteiger partial charge in [-0.05, 0) is 53.0 Å². The Morgan fingerprint density at radius 2 is 1.90 bits per heavy atom. The number of likely N-dealkylation sites (tertiary alicyclic amines) is 1. The molecule has 2 atom stereocenters. The number of carbonyl (C=O) groups is 1. The van der Waals surface area contributed by atoms with Crippen molar-refractivity contribution in [3.05, 3.63) is 53.6 Å². The summed E-state index contributed by atoms with van der Waals surface area (Å²) in [6, 6.07) is 14.9. The molecule has 1 aliphatic carbocycles. The molecule has 2 aromatic carbocycles. The fourth-order valence-electron chi connectivity index (χ4n) is 5.08. The van der Waals surface area contributed by atoms with Crippen LogP contribution in [0.4, 0.5) is 0 Å². The molecule has 0 bridgehead atoms. The van der Waals surface area contributed by atoms with Crippen molar-refractivity contribution in [1.29, 1.82) is 0 Å². The molecule has 5 N–H and O–H groups in total. The van der Waals surface area contributed by atoms with Gasteiger partial charge in [-0.2, -0.15) is 11.1 Å². The molecule has 3 aliphatic rings. The Morgan fingerprint density at radius 1 is 1.16 bits per heavy atom. The van der Waals surface area contributed by atoms with Crippen LogP contribution in [0.1, 0.15) is 42.5 Å². The first-order valence-electron chi connectivity index (χ1n) is 10.8.